The fraction of sp³-hybridized carbons (Fsp3) is 0.909. The van der Waals surface area contributed by atoms with Gasteiger partial charge in [-0.05, 0) is 38.6 Å². The van der Waals surface area contributed by atoms with Crippen molar-refractivity contribution in [2.45, 2.75) is 44.6 Å². The summed E-state index contributed by atoms with van der Waals surface area (Å²) in [5, 5.41) is 8.91. The third-order valence-electron chi connectivity index (χ3n) is 3.02. The van der Waals surface area contributed by atoms with Gasteiger partial charge in [0.25, 0.3) is 0 Å². The molecule has 15 heavy (non-hydrogen) atoms. The molecule has 0 aromatic rings. The van der Waals surface area contributed by atoms with Crippen LogP contribution in [0.4, 0.5) is 0 Å². The van der Waals surface area contributed by atoms with Gasteiger partial charge in [-0.25, -0.2) is 0 Å². The number of rotatable bonds is 7. The summed E-state index contributed by atoms with van der Waals surface area (Å²) >= 11 is 0. The van der Waals surface area contributed by atoms with E-state index in [1.165, 1.54) is 6.42 Å². The quantitative estimate of drug-likeness (QED) is 0.606. The monoisotopic (exact) mass is 214 g/mol. The minimum Gasteiger partial charge on any atom is -0.395 e. The first kappa shape index (κ1) is 12.5. The van der Waals surface area contributed by atoms with Gasteiger partial charge >= 0.3 is 0 Å². The smallest absolute Gasteiger partial charge is 0.222 e. The van der Waals surface area contributed by atoms with Crippen LogP contribution in [0, 0.1) is 0 Å². The van der Waals surface area contributed by atoms with E-state index in [9.17, 15) is 4.79 Å². The lowest BCUT2D eigenvalue weighted by atomic mass is 9.91. The number of nitrogens with zero attached hydrogens (tertiary/aromatic N) is 1. The lowest BCUT2D eigenvalue weighted by Crippen LogP contribution is -2.45. The van der Waals surface area contributed by atoms with Crippen LogP contribution in [0.5, 0.6) is 0 Å². The van der Waals surface area contributed by atoms with E-state index in [1.54, 1.807) is 0 Å². The number of hydrogen-bond donors (Lipinski definition) is 2. The van der Waals surface area contributed by atoms with Crippen molar-refractivity contribution in [2.75, 3.05) is 19.7 Å². The van der Waals surface area contributed by atoms with E-state index in [2.05, 4.69) is 0 Å². The number of carbonyl (C=O) groups excluding carboxylic acids is 1. The number of unbranched alkanes of at least 4 members (excludes halogenated alkanes) is 1. The van der Waals surface area contributed by atoms with Gasteiger partial charge in [-0.15, -0.1) is 0 Å². The molecule has 1 fully saturated rings. The van der Waals surface area contributed by atoms with Crippen LogP contribution in [0.2, 0.25) is 0 Å². The Morgan fingerprint density at radius 3 is 2.60 bits per heavy atom. The molecule has 0 saturated heterocycles. The molecule has 0 atom stereocenters. The van der Waals surface area contributed by atoms with Crippen LogP contribution in [0.1, 0.15) is 38.5 Å². The first-order valence-electron chi connectivity index (χ1n) is 5.90. The molecule has 3 N–H and O–H groups in total. The summed E-state index contributed by atoms with van der Waals surface area (Å²) in [6, 6.07) is 0.391. The second-order valence-electron chi connectivity index (χ2n) is 4.14. The number of nitrogens with two attached hydrogens (primary N) is 1. The summed E-state index contributed by atoms with van der Waals surface area (Å²) in [6.07, 6.45) is 5.76. The summed E-state index contributed by atoms with van der Waals surface area (Å²) in [5.74, 6) is 0.183. The average molecular weight is 214 g/mol. The fourth-order valence-corrected chi connectivity index (χ4v) is 1.88. The third-order valence-corrected chi connectivity index (χ3v) is 3.02. The molecule has 88 valence electrons. The highest BCUT2D eigenvalue weighted by Crippen LogP contribution is 2.25. The van der Waals surface area contributed by atoms with Crippen molar-refractivity contribution in [1.29, 1.82) is 0 Å². The van der Waals surface area contributed by atoms with E-state index in [1.807, 2.05) is 4.90 Å². The number of aliphatic hydroxyl groups excluding tert-OH is 1. The largest absolute Gasteiger partial charge is 0.395 e. The van der Waals surface area contributed by atoms with Crippen LogP contribution in [0.15, 0.2) is 0 Å². The SMILES string of the molecule is NCCCCC(=O)N(CCO)C1CCC1. The van der Waals surface area contributed by atoms with Gasteiger partial charge in [0, 0.05) is 19.0 Å². The Balaban J connectivity index is 2.29. The molecule has 1 aliphatic rings. The molecule has 4 heteroatoms. The Morgan fingerprint density at radius 1 is 1.40 bits per heavy atom. The molecule has 0 unspecified atom stereocenters. The van der Waals surface area contributed by atoms with Gasteiger partial charge in [0.1, 0.15) is 0 Å². The Bertz CT molecular complexity index is 193. The predicted octanol–water partition coefficient (Wildman–Crippen LogP) is 0.489. The van der Waals surface area contributed by atoms with Gasteiger partial charge in [0.05, 0.1) is 6.61 Å². The molecule has 0 heterocycles. The maximum Gasteiger partial charge on any atom is 0.222 e. The molecule has 4 nitrogen and oxygen atoms in total. The second-order valence-corrected chi connectivity index (χ2v) is 4.14. The van der Waals surface area contributed by atoms with Gasteiger partial charge in [-0.1, -0.05) is 0 Å². The van der Waals surface area contributed by atoms with Gasteiger partial charge in [-0.2, -0.15) is 0 Å². The summed E-state index contributed by atoms with van der Waals surface area (Å²) in [5.41, 5.74) is 5.38. The minimum atomic E-state index is 0.0686. The normalized spacial score (nSPS) is 16.1. The molecule has 0 aliphatic heterocycles. The zero-order chi connectivity index (χ0) is 11.1. The molecule has 0 aromatic heterocycles. The van der Waals surface area contributed by atoms with Crippen molar-refractivity contribution >= 4 is 5.91 Å². The van der Waals surface area contributed by atoms with Crippen molar-refractivity contribution in [1.82, 2.24) is 4.90 Å². The predicted molar refractivity (Wildman–Crippen MR) is 59.3 cm³/mol. The van der Waals surface area contributed by atoms with E-state index >= 15 is 0 Å². The fourth-order valence-electron chi connectivity index (χ4n) is 1.88. The lowest BCUT2D eigenvalue weighted by Gasteiger charge is -2.37. The van der Waals surface area contributed by atoms with Gasteiger partial charge in [-0.3, -0.25) is 4.79 Å². The number of aliphatic hydroxyl groups is 1. The van der Waals surface area contributed by atoms with Crippen LogP contribution < -0.4 is 5.73 Å². The molecule has 0 radical (unpaired) electrons. The van der Waals surface area contributed by atoms with Crippen molar-refractivity contribution in [3.05, 3.63) is 0 Å². The minimum absolute atomic E-state index is 0.0686. The zero-order valence-electron chi connectivity index (χ0n) is 9.32. The lowest BCUT2D eigenvalue weighted by molar-refractivity contribution is -0.136. The Morgan fingerprint density at radius 2 is 2.13 bits per heavy atom. The highest BCUT2D eigenvalue weighted by molar-refractivity contribution is 5.76. The Kier molecular flexibility index (Phi) is 5.65. The van der Waals surface area contributed by atoms with Crippen LogP contribution in [-0.2, 0) is 4.79 Å². The van der Waals surface area contributed by atoms with Gasteiger partial charge < -0.3 is 15.7 Å². The number of carbonyl (C=O) groups is 1. The van der Waals surface area contributed by atoms with Crippen molar-refractivity contribution in [3.8, 4) is 0 Å². The van der Waals surface area contributed by atoms with Crippen LogP contribution >= 0.6 is 0 Å². The number of hydrogen-bond acceptors (Lipinski definition) is 3. The molecular formula is C11H22N2O2. The second kappa shape index (κ2) is 6.80. The first-order chi connectivity index (χ1) is 7.29. The highest BCUT2D eigenvalue weighted by atomic mass is 16.3. The topological polar surface area (TPSA) is 66.6 Å². The van der Waals surface area contributed by atoms with Crippen LogP contribution in [-0.4, -0.2) is 41.7 Å². The highest BCUT2D eigenvalue weighted by Gasteiger charge is 2.27. The van der Waals surface area contributed by atoms with Crippen LogP contribution in [0.25, 0.3) is 0 Å². The Hall–Kier alpha value is -0.610. The Labute approximate surface area is 91.4 Å². The average Bonchev–Trinajstić information content (AvgIpc) is 2.14. The maximum absolute atomic E-state index is 11.8. The van der Waals surface area contributed by atoms with Crippen LogP contribution in [0.3, 0.4) is 0 Å². The number of amides is 1. The van der Waals surface area contributed by atoms with E-state index in [4.69, 9.17) is 10.8 Å². The van der Waals surface area contributed by atoms with Crippen molar-refractivity contribution < 1.29 is 9.90 Å². The summed E-state index contributed by atoms with van der Waals surface area (Å²) in [6.45, 7) is 1.21. The van der Waals surface area contributed by atoms with E-state index < -0.39 is 0 Å². The molecule has 1 amide bonds. The van der Waals surface area contributed by atoms with Crippen molar-refractivity contribution in [3.63, 3.8) is 0 Å². The first-order valence-corrected chi connectivity index (χ1v) is 5.90. The molecule has 0 spiro atoms. The molecule has 1 aliphatic carbocycles. The maximum atomic E-state index is 11.8. The van der Waals surface area contributed by atoms with E-state index in [-0.39, 0.29) is 12.5 Å². The standard InChI is InChI=1S/C11H22N2O2/c12-7-2-1-6-11(15)13(8-9-14)10-4-3-5-10/h10,14H,1-9,12H2. The molecule has 0 bridgehead atoms. The summed E-state index contributed by atoms with van der Waals surface area (Å²) in [4.78, 5) is 13.7. The van der Waals surface area contributed by atoms with Crippen molar-refractivity contribution in [2.24, 2.45) is 5.73 Å². The van der Waals surface area contributed by atoms with E-state index in [0.717, 1.165) is 25.7 Å². The summed E-state index contributed by atoms with van der Waals surface area (Å²) in [7, 11) is 0. The third kappa shape index (κ3) is 3.80. The van der Waals surface area contributed by atoms with E-state index in [0.29, 0.717) is 25.6 Å². The molecule has 1 saturated carbocycles. The summed E-state index contributed by atoms with van der Waals surface area (Å²) < 4.78 is 0. The molecular weight excluding hydrogens is 192 g/mol. The zero-order valence-corrected chi connectivity index (χ0v) is 9.32. The molecule has 1 rings (SSSR count). The van der Waals surface area contributed by atoms with Gasteiger partial charge in [0.15, 0.2) is 0 Å². The molecule has 0 aromatic carbocycles. The van der Waals surface area contributed by atoms with Gasteiger partial charge in [0.2, 0.25) is 5.91 Å².